The molecule has 1 amide bonds. The van der Waals surface area contributed by atoms with Crippen LogP contribution in [0.5, 0.6) is 0 Å². The van der Waals surface area contributed by atoms with Crippen molar-refractivity contribution in [2.24, 2.45) is 0 Å². The molecule has 2 heterocycles. The number of hydrogen-bond acceptors (Lipinski definition) is 5. The Morgan fingerprint density at radius 3 is 3.00 bits per heavy atom. The van der Waals surface area contributed by atoms with E-state index in [-0.39, 0.29) is 11.8 Å². The number of amides is 1. The van der Waals surface area contributed by atoms with Crippen molar-refractivity contribution in [1.82, 2.24) is 15.0 Å². The first-order chi connectivity index (χ1) is 11.6. The summed E-state index contributed by atoms with van der Waals surface area (Å²) in [4.78, 5) is 18.3. The number of carbonyl (C=O) groups excluding carboxylic acids is 1. The minimum atomic E-state index is -0.0192. The van der Waals surface area contributed by atoms with Gasteiger partial charge in [0.15, 0.2) is 5.82 Å². The Balaban J connectivity index is 1.68. The Hall–Kier alpha value is -2.21. The zero-order valence-corrected chi connectivity index (χ0v) is 14.4. The lowest BCUT2D eigenvalue weighted by Crippen LogP contribution is -2.28. The van der Waals surface area contributed by atoms with Crippen LogP contribution in [0.2, 0.25) is 0 Å². The fraction of sp³-hybridized carbons (Fsp3) is 0.500. The lowest BCUT2D eigenvalue weighted by Gasteiger charge is -2.14. The fourth-order valence-corrected chi connectivity index (χ4v) is 3.02. The molecule has 3 rings (SSSR count). The monoisotopic (exact) mass is 329 g/mol. The summed E-state index contributed by atoms with van der Waals surface area (Å²) < 4.78 is 10.5. The van der Waals surface area contributed by atoms with Gasteiger partial charge >= 0.3 is 0 Å². The highest BCUT2D eigenvalue weighted by Gasteiger charge is 2.33. The molecule has 2 aromatic rings. The van der Waals surface area contributed by atoms with Crippen LogP contribution in [0.25, 0.3) is 0 Å². The van der Waals surface area contributed by atoms with Crippen molar-refractivity contribution >= 4 is 5.91 Å². The highest BCUT2D eigenvalue weighted by molar-refractivity contribution is 5.79. The third kappa shape index (κ3) is 3.64. The van der Waals surface area contributed by atoms with Crippen molar-refractivity contribution in [3.8, 4) is 0 Å². The molecule has 1 aliphatic heterocycles. The van der Waals surface area contributed by atoms with Crippen LogP contribution >= 0.6 is 0 Å². The second-order valence-corrected chi connectivity index (χ2v) is 6.39. The SMILES string of the molecule is COCCN1C[C@H](c2nc(Cc3cc(C)ccc3C)no2)CC1=O. The van der Waals surface area contributed by atoms with Crippen molar-refractivity contribution in [3.63, 3.8) is 0 Å². The lowest BCUT2D eigenvalue weighted by molar-refractivity contribution is -0.128. The number of likely N-dealkylation sites (tertiary alicyclic amines) is 1. The number of aryl methyl sites for hydroxylation is 2. The summed E-state index contributed by atoms with van der Waals surface area (Å²) in [5.74, 6) is 1.32. The predicted molar refractivity (Wildman–Crippen MR) is 88.8 cm³/mol. The van der Waals surface area contributed by atoms with E-state index in [4.69, 9.17) is 9.26 Å². The van der Waals surface area contributed by atoms with E-state index in [1.165, 1.54) is 16.7 Å². The quantitative estimate of drug-likeness (QED) is 0.813. The zero-order chi connectivity index (χ0) is 17.1. The van der Waals surface area contributed by atoms with Gasteiger partial charge in [-0.25, -0.2) is 0 Å². The fourth-order valence-electron chi connectivity index (χ4n) is 3.02. The highest BCUT2D eigenvalue weighted by atomic mass is 16.5. The molecule has 1 aromatic carbocycles. The second kappa shape index (κ2) is 7.13. The molecule has 1 atom stereocenters. The minimum absolute atomic E-state index is 0.0192. The van der Waals surface area contributed by atoms with Gasteiger partial charge in [0.1, 0.15) is 0 Å². The van der Waals surface area contributed by atoms with Gasteiger partial charge in [-0.1, -0.05) is 28.9 Å². The van der Waals surface area contributed by atoms with Gasteiger partial charge in [0.2, 0.25) is 11.8 Å². The molecular formula is C18H23N3O3. The number of carbonyl (C=O) groups is 1. The maximum atomic E-state index is 12.0. The molecule has 24 heavy (non-hydrogen) atoms. The maximum Gasteiger partial charge on any atom is 0.232 e. The molecule has 0 spiro atoms. The van der Waals surface area contributed by atoms with Gasteiger partial charge < -0.3 is 14.2 Å². The summed E-state index contributed by atoms with van der Waals surface area (Å²) in [6.07, 6.45) is 1.07. The van der Waals surface area contributed by atoms with Gasteiger partial charge in [0.25, 0.3) is 0 Å². The Kier molecular flexibility index (Phi) is 4.94. The number of ether oxygens (including phenoxy) is 1. The van der Waals surface area contributed by atoms with Crippen LogP contribution in [-0.4, -0.2) is 47.8 Å². The van der Waals surface area contributed by atoms with Crippen molar-refractivity contribution in [1.29, 1.82) is 0 Å². The van der Waals surface area contributed by atoms with E-state index in [9.17, 15) is 4.79 Å². The summed E-state index contributed by atoms with van der Waals surface area (Å²) in [7, 11) is 1.63. The van der Waals surface area contributed by atoms with Crippen LogP contribution in [0.3, 0.4) is 0 Å². The van der Waals surface area contributed by atoms with E-state index >= 15 is 0 Å². The van der Waals surface area contributed by atoms with E-state index in [0.717, 1.165) is 0 Å². The Bertz CT molecular complexity index is 726. The van der Waals surface area contributed by atoms with E-state index in [0.29, 0.717) is 44.3 Å². The summed E-state index contributed by atoms with van der Waals surface area (Å²) in [5.41, 5.74) is 3.63. The van der Waals surface area contributed by atoms with Crippen LogP contribution in [0.4, 0.5) is 0 Å². The Labute approximate surface area is 141 Å². The molecule has 0 N–H and O–H groups in total. The molecule has 1 fully saturated rings. The van der Waals surface area contributed by atoms with Gasteiger partial charge in [-0.15, -0.1) is 0 Å². The topological polar surface area (TPSA) is 68.5 Å². The molecule has 0 bridgehead atoms. The molecule has 1 aliphatic rings. The molecular weight excluding hydrogens is 306 g/mol. The van der Waals surface area contributed by atoms with Crippen molar-refractivity contribution in [2.45, 2.75) is 32.6 Å². The Morgan fingerprint density at radius 2 is 2.21 bits per heavy atom. The smallest absolute Gasteiger partial charge is 0.232 e. The summed E-state index contributed by atoms with van der Waals surface area (Å²) >= 11 is 0. The molecule has 0 aliphatic carbocycles. The minimum Gasteiger partial charge on any atom is -0.383 e. The first kappa shape index (κ1) is 16.6. The number of nitrogens with zero attached hydrogens (tertiary/aromatic N) is 3. The van der Waals surface area contributed by atoms with E-state index in [2.05, 4.69) is 42.2 Å². The second-order valence-electron chi connectivity index (χ2n) is 6.39. The van der Waals surface area contributed by atoms with E-state index < -0.39 is 0 Å². The van der Waals surface area contributed by atoms with Crippen LogP contribution < -0.4 is 0 Å². The van der Waals surface area contributed by atoms with E-state index in [1.54, 1.807) is 12.0 Å². The van der Waals surface area contributed by atoms with Gasteiger partial charge in [0, 0.05) is 33.0 Å². The van der Waals surface area contributed by atoms with Gasteiger partial charge in [-0.05, 0) is 25.0 Å². The standard InChI is InChI=1S/C18H23N3O3/c1-12-4-5-13(2)14(8-12)9-16-19-18(24-20-16)15-10-17(22)21(11-15)6-7-23-3/h4-5,8,15H,6-7,9-11H2,1-3H3/t15-/m1/s1. The first-order valence-corrected chi connectivity index (χ1v) is 8.22. The van der Waals surface area contributed by atoms with Gasteiger partial charge in [-0.3, -0.25) is 4.79 Å². The molecule has 6 nitrogen and oxygen atoms in total. The van der Waals surface area contributed by atoms with Gasteiger partial charge in [-0.2, -0.15) is 4.98 Å². The number of benzene rings is 1. The third-order valence-electron chi connectivity index (χ3n) is 4.47. The molecule has 1 aromatic heterocycles. The van der Waals surface area contributed by atoms with Crippen molar-refractivity contribution in [2.75, 3.05) is 26.8 Å². The molecule has 0 radical (unpaired) electrons. The van der Waals surface area contributed by atoms with Crippen LogP contribution in [0, 0.1) is 13.8 Å². The zero-order valence-electron chi connectivity index (χ0n) is 14.4. The van der Waals surface area contributed by atoms with Crippen LogP contribution in [-0.2, 0) is 16.0 Å². The summed E-state index contributed by atoms with van der Waals surface area (Å²) in [6.45, 7) is 5.92. The molecule has 0 saturated carbocycles. The summed E-state index contributed by atoms with van der Waals surface area (Å²) in [5, 5.41) is 4.10. The third-order valence-corrected chi connectivity index (χ3v) is 4.47. The highest BCUT2D eigenvalue weighted by Crippen LogP contribution is 2.27. The van der Waals surface area contributed by atoms with Crippen molar-refractivity contribution < 1.29 is 14.1 Å². The predicted octanol–water partition coefficient (Wildman–Crippen LogP) is 2.24. The average molecular weight is 329 g/mol. The number of aromatic nitrogens is 2. The van der Waals surface area contributed by atoms with Crippen LogP contribution in [0.15, 0.2) is 22.7 Å². The normalized spacial score (nSPS) is 17.7. The molecule has 1 saturated heterocycles. The van der Waals surface area contributed by atoms with Gasteiger partial charge in [0.05, 0.1) is 12.5 Å². The van der Waals surface area contributed by atoms with Crippen LogP contribution in [0.1, 0.15) is 40.7 Å². The number of rotatable bonds is 6. The maximum absolute atomic E-state index is 12.0. The van der Waals surface area contributed by atoms with E-state index in [1.807, 2.05) is 0 Å². The summed E-state index contributed by atoms with van der Waals surface area (Å²) in [6, 6.07) is 6.35. The molecule has 0 unspecified atom stereocenters. The molecule has 6 heteroatoms. The first-order valence-electron chi connectivity index (χ1n) is 8.22. The Morgan fingerprint density at radius 1 is 1.38 bits per heavy atom. The lowest BCUT2D eigenvalue weighted by atomic mass is 10.0. The largest absolute Gasteiger partial charge is 0.383 e. The van der Waals surface area contributed by atoms with Crippen molar-refractivity contribution in [3.05, 3.63) is 46.6 Å². The number of methoxy groups -OCH3 is 1. The number of hydrogen-bond donors (Lipinski definition) is 0. The average Bonchev–Trinajstić information content (AvgIpc) is 3.16. The molecule has 128 valence electrons.